The molecular formula is C22H17FN2O3S. The van der Waals surface area contributed by atoms with Crippen LogP contribution in [0.2, 0.25) is 0 Å². The molecule has 7 heteroatoms. The SMILES string of the molecule is Cc1ccc(OC(=O)c2sc3ncn(Cc4cccc(F)c4)c(=O)c3c2C)cc1. The number of rotatable bonds is 4. The molecule has 0 saturated carbocycles. The molecule has 5 nitrogen and oxygen atoms in total. The van der Waals surface area contributed by atoms with Crippen molar-refractivity contribution in [3.05, 3.63) is 92.6 Å². The third-order valence-corrected chi connectivity index (χ3v) is 5.76. The largest absolute Gasteiger partial charge is 0.422 e. The second-order valence-electron chi connectivity index (χ2n) is 6.75. The van der Waals surface area contributed by atoms with E-state index in [-0.39, 0.29) is 17.9 Å². The smallest absolute Gasteiger partial charge is 0.354 e. The summed E-state index contributed by atoms with van der Waals surface area (Å²) < 4.78 is 20.3. The lowest BCUT2D eigenvalue weighted by molar-refractivity contribution is 0.0739. The molecule has 2 aromatic carbocycles. The van der Waals surface area contributed by atoms with E-state index in [2.05, 4.69) is 4.98 Å². The summed E-state index contributed by atoms with van der Waals surface area (Å²) in [5.41, 5.74) is 1.97. The summed E-state index contributed by atoms with van der Waals surface area (Å²) in [6.45, 7) is 3.85. The van der Waals surface area contributed by atoms with Crippen molar-refractivity contribution in [2.75, 3.05) is 0 Å². The Morgan fingerprint density at radius 3 is 2.66 bits per heavy atom. The monoisotopic (exact) mass is 408 g/mol. The Kier molecular flexibility index (Phi) is 4.98. The summed E-state index contributed by atoms with van der Waals surface area (Å²) in [4.78, 5) is 30.7. The molecule has 0 spiro atoms. The summed E-state index contributed by atoms with van der Waals surface area (Å²) in [6.07, 6.45) is 1.42. The molecule has 146 valence electrons. The molecule has 0 unspecified atom stereocenters. The number of hydrogen-bond acceptors (Lipinski definition) is 5. The standard InChI is InChI=1S/C22H17FN2O3S/c1-13-6-8-17(9-7-13)28-22(27)19-14(2)18-20(29-19)24-12-25(21(18)26)11-15-4-3-5-16(23)10-15/h3-10,12H,11H2,1-2H3. The van der Waals surface area contributed by atoms with Crippen molar-refractivity contribution in [2.24, 2.45) is 0 Å². The number of halogens is 1. The number of esters is 1. The van der Waals surface area contributed by atoms with Crippen LogP contribution in [0.4, 0.5) is 4.39 Å². The van der Waals surface area contributed by atoms with Crippen LogP contribution in [0, 0.1) is 19.7 Å². The molecule has 0 saturated heterocycles. The van der Waals surface area contributed by atoms with Crippen molar-refractivity contribution < 1.29 is 13.9 Å². The molecule has 0 amide bonds. The lowest BCUT2D eigenvalue weighted by atomic mass is 10.2. The van der Waals surface area contributed by atoms with Gasteiger partial charge in [0.05, 0.1) is 18.3 Å². The van der Waals surface area contributed by atoms with Crippen molar-refractivity contribution in [3.63, 3.8) is 0 Å². The van der Waals surface area contributed by atoms with Gasteiger partial charge in [-0.1, -0.05) is 29.8 Å². The Balaban J connectivity index is 1.68. The fraction of sp³-hybridized carbons (Fsp3) is 0.136. The van der Waals surface area contributed by atoms with Gasteiger partial charge in [0, 0.05) is 0 Å². The summed E-state index contributed by atoms with van der Waals surface area (Å²) >= 11 is 1.13. The van der Waals surface area contributed by atoms with Crippen molar-refractivity contribution in [1.82, 2.24) is 9.55 Å². The molecule has 4 rings (SSSR count). The molecule has 0 radical (unpaired) electrons. The summed E-state index contributed by atoms with van der Waals surface area (Å²) in [5.74, 6) is -0.447. The van der Waals surface area contributed by atoms with Gasteiger partial charge >= 0.3 is 5.97 Å². The first-order valence-corrected chi connectivity index (χ1v) is 9.76. The van der Waals surface area contributed by atoms with Crippen LogP contribution in [-0.4, -0.2) is 15.5 Å². The lowest BCUT2D eigenvalue weighted by Crippen LogP contribution is -2.21. The quantitative estimate of drug-likeness (QED) is 0.369. The second-order valence-corrected chi connectivity index (χ2v) is 7.75. The summed E-state index contributed by atoms with van der Waals surface area (Å²) in [6, 6.07) is 13.2. The highest BCUT2D eigenvalue weighted by Crippen LogP contribution is 2.28. The van der Waals surface area contributed by atoms with Crippen LogP contribution in [0.25, 0.3) is 10.2 Å². The number of nitrogens with zero attached hydrogens (tertiary/aromatic N) is 2. The van der Waals surface area contributed by atoms with E-state index in [0.29, 0.717) is 32.0 Å². The summed E-state index contributed by atoms with van der Waals surface area (Å²) in [7, 11) is 0. The average molecular weight is 408 g/mol. The minimum atomic E-state index is -0.523. The van der Waals surface area contributed by atoms with Gasteiger partial charge in [-0.15, -0.1) is 11.3 Å². The van der Waals surface area contributed by atoms with Crippen LogP contribution in [0.5, 0.6) is 5.75 Å². The predicted octanol–water partition coefficient (Wildman–Crippen LogP) is 4.48. The molecule has 0 fully saturated rings. The zero-order chi connectivity index (χ0) is 20.5. The third-order valence-electron chi connectivity index (χ3n) is 4.58. The van der Waals surface area contributed by atoms with Gasteiger partial charge in [-0.25, -0.2) is 14.2 Å². The van der Waals surface area contributed by atoms with Crippen LogP contribution >= 0.6 is 11.3 Å². The Hall–Kier alpha value is -3.32. The fourth-order valence-electron chi connectivity index (χ4n) is 3.06. The van der Waals surface area contributed by atoms with Gasteiger partial charge in [0.15, 0.2) is 0 Å². The molecule has 0 N–H and O–H groups in total. The number of ether oxygens (including phenoxy) is 1. The molecule has 2 aromatic heterocycles. The highest BCUT2D eigenvalue weighted by Gasteiger charge is 2.21. The number of fused-ring (bicyclic) bond motifs is 1. The average Bonchev–Trinajstić information content (AvgIpc) is 3.03. The molecule has 0 aliphatic carbocycles. The van der Waals surface area contributed by atoms with Crippen molar-refractivity contribution in [3.8, 4) is 5.75 Å². The Labute approximate surface area is 170 Å². The van der Waals surface area contributed by atoms with Crippen LogP contribution in [-0.2, 0) is 6.54 Å². The van der Waals surface area contributed by atoms with E-state index in [4.69, 9.17) is 4.74 Å². The zero-order valence-electron chi connectivity index (χ0n) is 15.8. The molecule has 0 aliphatic heterocycles. The maximum absolute atomic E-state index is 13.4. The van der Waals surface area contributed by atoms with Crippen LogP contribution in [0.1, 0.15) is 26.4 Å². The van der Waals surface area contributed by atoms with E-state index in [0.717, 1.165) is 16.9 Å². The molecule has 0 atom stereocenters. The minimum Gasteiger partial charge on any atom is -0.422 e. The molecule has 2 heterocycles. The van der Waals surface area contributed by atoms with E-state index in [9.17, 15) is 14.0 Å². The van der Waals surface area contributed by atoms with E-state index in [1.54, 1.807) is 31.2 Å². The molecule has 0 bridgehead atoms. The van der Waals surface area contributed by atoms with E-state index >= 15 is 0 Å². The first kappa shape index (κ1) is 19.0. The van der Waals surface area contributed by atoms with Crippen molar-refractivity contribution in [2.45, 2.75) is 20.4 Å². The zero-order valence-corrected chi connectivity index (χ0v) is 16.6. The molecule has 4 aromatic rings. The van der Waals surface area contributed by atoms with Crippen LogP contribution in [0.3, 0.4) is 0 Å². The number of carbonyl (C=O) groups excluding carboxylic acids is 1. The number of aryl methyl sites for hydroxylation is 2. The Morgan fingerprint density at radius 2 is 1.93 bits per heavy atom. The fourth-order valence-corrected chi connectivity index (χ4v) is 4.07. The maximum atomic E-state index is 13.4. The van der Waals surface area contributed by atoms with Crippen molar-refractivity contribution in [1.29, 1.82) is 0 Å². The van der Waals surface area contributed by atoms with Gasteiger partial charge in [0.1, 0.15) is 21.3 Å². The van der Waals surface area contributed by atoms with Gasteiger partial charge < -0.3 is 4.74 Å². The number of hydrogen-bond donors (Lipinski definition) is 0. The van der Waals surface area contributed by atoms with Gasteiger partial charge in [0.2, 0.25) is 0 Å². The number of carbonyl (C=O) groups is 1. The van der Waals surface area contributed by atoms with Crippen molar-refractivity contribution >= 4 is 27.5 Å². The highest BCUT2D eigenvalue weighted by molar-refractivity contribution is 7.20. The van der Waals surface area contributed by atoms with Gasteiger partial charge in [0.25, 0.3) is 5.56 Å². The Bertz CT molecular complexity index is 1280. The third kappa shape index (κ3) is 3.82. The first-order valence-electron chi connectivity index (χ1n) is 8.94. The molecular weight excluding hydrogens is 391 g/mol. The molecule has 0 aliphatic rings. The van der Waals surface area contributed by atoms with E-state index < -0.39 is 5.97 Å². The van der Waals surface area contributed by atoms with Crippen LogP contribution in [0.15, 0.2) is 59.7 Å². The molecule has 29 heavy (non-hydrogen) atoms. The number of aromatic nitrogens is 2. The Morgan fingerprint density at radius 1 is 1.17 bits per heavy atom. The van der Waals surface area contributed by atoms with Gasteiger partial charge in [-0.05, 0) is 49.2 Å². The van der Waals surface area contributed by atoms with Gasteiger partial charge in [-0.2, -0.15) is 0 Å². The first-order chi connectivity index (χ1) is 13.9. The van der Waals surface area contributed by atoms with E-state index in [1.165, 1.54) is 23.0 Å². The van der Waals surface area contributed by atoms with Crippen LogP contribution < -0.4 is 10.3 Å². The summed E-state index contributed by atoms with van der Waals surface area (Å²) in [5, 5.41) is 0.379. The highest BCUT2D eigenvalue weighted by atomic mass is 32.1. The maximum Gasteiger partial charge on any atom is 0.354 e. The lowest BCUT2D eigenvalue weighted by Gasteiger charge is -2.06. The number of benzene rings is 2. The normalized spacial score (nSPS) is 11.0. The topological polar surface area (TPSA) is 61.2 Å². The minimum absolute atomic E-state index is 0.192. The van der Waals surface area contributed by atoms with E-state index in [1.807, 2.05) is 19.1 Å². The predicted molar refractivity (Wildman–Crippen MR) is 110 cm³/mol. The second kappa shape index (κ2) is 7.60. The van der Waals surface area contributed by atoms with Gasteiger partial charge in [-0.3, -0.25) is 9.36 Å². The number of thiophene rings is 1.